The number of ether oxygens (including phenoxy) is 2. The Morgan fingerprint density at radius 3 is 2.58 bits per heavy atom. The van der Waals surface area contributed by atoms with E-state index < -0.39 is 11.8 Å². The zero-order valence-corrected chi connectivity index (χ0v) is 10.1. The molecule has 0 atom stereocenters. The van der Waals surface area contributed by atoms with Crippen molar-refractivity contribution in [2.45, 2.75) is 0 Å². The van der Waals surface area contributed by atoms with Crippen LogP contribution >= 0.6 is 0 Å². The largest absolute Gasteiger partial charge is 0.497 e. The van der Waals surface area contributed by atoms with Gasteiger partial charge in [-0.2, -0.15) is 0 Å². The summed E-state index contributed by atoms with van der Waals surface area (Å²) in [5, 5.41) is 12.1. The maximum atomic E-state index is 14.1. The first kappa shape index (κ1) is 12.9. The molecule has 6 nitrogen and oxygen atoms in total. The molecule has 2 rings (SSSR count). The molecule has 0 saturated heterocycles. The van der Waals surface area contributed by atoms with Gasteiger partial charge in [0.15, 0.2) is 23.0 Å². The number of hydrogen-bond acceptors (Lipinski definition) is 5. The molecule has 0 radical (unpaired) electrons. The fraction of sp³-hybridized carbons (Fsp3) is 0.167. The molecule has 1 aromatic carbocycles. The van der Waals surface area contributed by atoms with Crippen molar-refractivity contribution in [3.8, 4) is 22.8 Å². The smallest absolute Gasteiger partial charge is 0.358 e. The molecule has 1 heterocycles. The van der Waals surface area contributed by atoms with Gasteiger partial charge in [0.05, 0.1) is 19.8 Å². The van der Waals surface area contributed by atoms with Gasteiger partial charge < -0.3 is 19.1 Å². The van der Waals surface area contributed by atoms with Gasteiger partial charge in [-0.05, 0) is 6.07 Å². The Morgan fingerprint density at radius 2 is 2.05 bits per heavy atom. The molecule has 0 aliphatic rings. The van der Waals surface area contributed by atoms with E-state index in [-0.39, 0.29) is 22.8 Å². The summed E-state index contributed by atoms with van der Waals surface area (Å²) in [7, 11) is 2.73. The van der Waals surface area contributed by atoms with Crippen LogP contribution in [0.3, 0.4) is 0 Å². The van der Waals surface area contributed by atoms with Gasteiger partial charge in [-0.3, -0.25) is 0 Å². The molecule has 1 N–H and O–H groups in total. The number of aromatic nitrogens is 1. The molecule has 0 unspecified atom stereocenters. The maximum absolute atomic E-state index is 14.1. The van der Waals surface area contributed by atoms with E-state index >= 15 is 0 Å². The zero-order valence-electron chi connectivity index (χ0n) is 10.1. The van der Waals surface area contributed by atoms with Gasteiger partial charge in [-0.1, -0.05) is 5.16 Å². The molecule has 0 aliphatic carbocycles. The fourth-order valence-corrected chi connectivity index (χ4v) is 1.52. The van der Waals surface area contributed by atoms with Crippen LogP contribution in [0.15, 0.2) is 22.7 Å². The third-order valence-electron chi connectivity index (χ3n) is 2.46. The number of nitrogens with zero attached hydrogens (tertiary/aromatic N) is 1. The Bertz CT molecular complexity index is 623. The SMILES string of the molecule is COc1cc(OC)c(F)c(-c2cc(C(=O)O)no2)c1. The second kappa shape index (κ2) is 4.97. The summed E-state index contributed by atoms with van der Waals surface area (Å²) in [6.07, 6.45) is 0. The fourth-order valence-electron chi connectivity index (χ4n) is 1.52. The van der Waals surface area contributed by atoms with Crippen LogP contribution in [0.25, 0.3) is 11.3 Å². The van der Waals surface area contributed by atoms with Crippen molar-refractivity contribution >= 4 is 5.97 Å². The molecular weight excluding hydrogens is 257 g/mol. The number of carboxylic acid groups (broad SMARTS) is 1. The predicted molar refractivity (Wildman–Crippen MR) is 62.0 cm³/mol. The monoisotopic (exact) mass is 267 g/mol. The van der Waals surface area contributed by atoms with Crippen molar-refractivity contribution in [2.75, 3.05) is 14.2 Å². The van der Waals surface area contributed by atoms with Crippen LogP contribution in [-0.2, 0) is 0 Å². The third kappa shape index (κ3) is 2.35. The first-order chi connectivity index (χ1) is 9.06. The number of hydrogen-bond donors (Lipinski definition) is 1. The number of methoxy groups -OCH3 is 2. The van der Waals surface area contributed by atoms with Gasteiger partial charge in [0.1, 0.15) is 5.75 Å². The predicted octanol–water partition coefficient (Wildman–Crippen LogP) is 2.20. The Balaban J connectivity index is 2.56. The number of carboxylic acids is 1. The molecule has 0 bridgehead atoms. The highest BCUT2D eigenvalue weighted by Gasteiger charge is 2.19. The lowest BCUT2D eigenvalue weighted by molar-refractivity contribution is 0.0686. The molecule has 0 saturated carbocycles. The maximum Gasteiger partial charge on any atom is 0.358 e. The summed E-state index contributed by atoms with van der Waals surface area (Å²) in [5.41, 5.74) is -0.299. The van der Waals surface area contributed by atoms with Crippen molar-refractivity contribution in [2.24, 2.45) is 0 Å². The van der Waals surface area contributed by atoms with Crippen molar-refractivity contribution in [3.63, 3.8) is 0 Å². The van der Waals surface area contributed by atoms with Crippen LogP contribution in [0.1, 0.15) is 10.5 Å². The number of halogens is 1. The van der Waals surface area contributed by atoms with Crippen molar-refractivity contribution in [1.82, 2.24) is 5.16 Å². The zero-order chi connectivity index (χ0) is 14.0. The minimum atomic E-state index is -1.26. The third-order valence-corrected chi connectivity index (χ3v) is 2.46. The van der Waals surface area contributed by atoms with Crippen LogP contribution in [0.2, 0.25) is 0 Å². The summed E-state index contributed by atoms with van der Waals surface area (Å²) >= 11 is 0. The van der Waals surface area contributed by atoms with Gasteiger partial charge in [-0.15, -0.1) is 0 Å². The first-order valence-electron chi connectivity index (χ1n) is 5.18. The van der Waals surface area contributed by atoms with E-state index in [2.05, 4.69) is 5.16 Å². The number of benzene rings is 1. The molecule has 0 spiro atoms. The van der Waals surface area contributed by atoms with Crippen molar-refractivity contribution < 1.29 is 28.3 Å². The first-order valence-corrected chi connectivity index (χ1v) is 5.18. The topological polar surface area (TPSA) is 81.8 Å². The van der Waals surface area contributed by atoms with E-state index in [9.17, 15) is 9.18 Å². The summed E-state index contributed by atoms with van der Waals surface area (Å²) in [5.74, 6) is -1.65. The highest BCUT2D eigenvalue weighted by atomic mass is 19.1. The molecule has 1 aromatic heterocycles. The lowest BCUT2D eigenvalue weighted by atomic mass is 10.1. The standard InChI is InChI=1S/C12H10FNO5/c1-17-6-3-7(11(13)10(4-6)18-2)9-5-8(12(15)16)14-19-9/h3-5H,1-2H3,(H,15,16). The number of rotatable bonds is 4. The summed E-state index contributed by atoms with van der Waals surface area (Å²) < 4.78 is 28.8. The minimum absolute atomic E-state index is 0.0104. The molecule has 2 aromatic rings. The molecule has 100 valence electrons. The highest BCUT2D eigenvalue weighted by molar-refractivity contribution is 5.86. The van der Waals surface area contributed by atoms with E-state index in [1.165, 1.54) is 26.4 Å². The van der Waals surface area contributed by atoms with Crippen LogP contribution in [-0.4, -0.2) is 30.5 Å². The van der Waals surface area contributed by atoms with Crippen molar-refractivity contribution in [3.05, 3.63) is 29.7 Å². The highest BCUT2D eigenvalue weighted by Crippen LogP contribution is 2.34. The Morgan fingerprint density at radius 1 is 1.32 bits per heavy atom. The quantitative estimate of drug-likeness (QED) is 0.914. The minimum Gasteiger partial charge on any atom is -0.497 e. The number of aromatic carboxylic acids is 1. The van der Waals surface area contributed by atoms with E-state index in [1.54, 1.807) is 0 Å². The lowest BCUT2D eigenvalue weighted by Gasteiger charge is -2.08. The van der Waals surface area contributed by atoms with Crippen LogP contribution in [0.4, 0.5) is 4.39 Å². The Labute approximate surface area is 107 Å². The molecule has 0 aliphatic heterocycles. The molecule has 0 amide bonds. The van der Waals surface area contributed by atoms with E-state index in [4.69, 9.17) is 19.1 Å². The second-order valence-corrected chi connectivity index (χ2v) is 3.57. The van der Waals surface area contributed by atoms with E-state index in [0.717, 1.165) is 6.07 Å². The second-order valence-electron chi connectivity index (χ2n) is 3.57. The summed E-state index contributed by atoms with van der Waals surface area (Å²) in [6.45, 7) is 0. The van der Waals surface area contributed by atoms with E-state index in [1.807, 2.05) is 0 Å². The van der Waals surface area contributed by atoms with Crippen LogP contribution in [0.5, 0.6) is 11.5 Å². The summed E-state index contributed by atoms with van der Waals surface area (Å²) in [6, 6.07) is 3.86. The van der Waals surface area contributed by atoms with E-state index in [0.29, 0.717) is 5.75 Å². The molecule has 0 fully saturated rings. The lowest BCUT2D eigenvalue weighted by Crippen LogP contribution is -1.95. The van der Waals surface area contributed by atoms with Gasteiger partial charge in [-0.25, -0.2) is 9.18 Å². The van der Waals surface area contributed by atoms with Crippen molar-refractivity contribution in [1.29, 1.82) is 0 Å². The average Bonchev–Trinajstić information content (AvgIpc) is 2.88. The average molecular weight is 267 g/mol. The molecule has 19 heavy (non-hydrogen) atoms. The van der Waals surface area contributed by atoms with Crippen LogP contribution in [0, 0.1) is 5.82 Å². The van der Waals surface area contributed by atoms with Gasteiger partial charge in [0, 0.05) is 12.1 Å². The van der Waals surface area contributed by atoms with Gasteiger partial charge >= 0.3 is 5.97 Å². The Hall–Kier alpha value is -2.57. The molecule has 7 heteroatoms. The Kier molecular flexibility index (Phi) is 3.37. The van der Waals surface area contributed by atoms with Crippen LogP contribution < -0.4 is 9.47 Å². The van der Waals surface area contributed by atoms with Gasteiger partial charge in [0.2, 0.25) is 0 Å². The summed E-state index contributed by atoms with van der Waals surface area (Å²) in [4.78, 5) is 10.7. The normalized spacial score (nSPS) is 10.3. The van der Waals surface area contributed by atoms with Gasteiger partial charge in [0.25, 0.3) is 0 Å². The number of carbonyl (C=O) groups is 1. The molecular formula is C12H10FNO5.